The first kappa shape index (κ1) is 16.3. The lowest BCUT2D eigenvalue weighted by atomic mass is 10.2. The van der Waals surface area contributed by atoms with Crippen LogP contribution in [0.1, 0.15) is 22.8 Å². The van der Waals surface area contributed by atoms with E-state index < -0.39 is 11.9 Å². The molecule has 0 fully saturated rings. The van der Waals surface area contributed by atoms with Crippen LogP contribution in [0.2, 0.25) is 0 Å². The summed E-state index contributed by atoms with van der Waals surface area (Å²) in [7, 11) is 0. The van der Waals surface area contributed by atoms with Crippen LogP contribution in [0.5, 0.6) is 11.5 Å². The third-order valence-electron chi connectivity index (χ3n) is 2.90. The van der Waals surface area contributed by atoms with E-state index in [1.165, 1.54) is 6.08 Å². The summed E-state index contributed by atoms with van der Waals surface area (Å²) in [5, 5.41) is 8.66. The highest BCUT2D eigenvalue weighted by atomic mass is 16.6. The quantitative estimate of drug-likeness (QED) is 0.503. The fourth-order valence-corrected chi connectivity index (χ4v) is 1.88. The maximum Gasteiger partial charge on any atom is 0.343 e. The minimum atomic E-state index is -1.04. The molecule has 23 heavy (non-hydrogen) atoms. The molecular formula is C18H16O5. The van der Waals surface area contributed by atoms with Crippen LogP contribution in [0.3, 0.4) is 0 Å². The molecule has 0 spiro atoms. The number of esters is 1. The Hall–Kier alpha value is -3.08. The summed E-state index contributed by atoms with van der Waals surface area (Å²) in [5.41, 5.74) is 1.07. The molecule has 0 amide bonds. The van der Waals surface area contributed by atoms with Crippen LogP contribution >= 0.6 is 0 Å². The molecule has 0 radical (unpaired) electrons. The van der Waals surface area contributed by atoms with Gasteiger partial charge in [-0.15, -0.1) is 0 Å². The van der Waals surface area contributed by atoms with Crippen molar-refractivity contribution in [3.8, 4) is 11.5 Å². The van der Waals surface area contributed by atoms with Crippen LogP contribution < -0.4 is 9.47 Å². The lowest BCUT2D eigenvalue weighted by Gasteiger charge is -2.11. The lowest BCUT2D eigenvalue weighted by Crippen LogP contribution is -2.09. The Morgan fingerprint density at radius 2 is 1.83 bits per heavy atom. The van der Waals surface area contributed by atoms with E-state index in [2.05, 4.69) is 0 Å². The van der Waals surface area contributed by atoms with Gasteiger partial charge in [0.25, 0.3) is 0 Å². The van der Waals surface area contributed by atoms with Gasteiger partial charge in [0.15, 0.2) is 11.5 Å². The molecule has 5 nitrogen and oxygen atoms in total. The van der Waals surface area contributed by atoms with Crippen molar-refractivity contribution in [1.82, 2.24) is 0 Å². The Bertz CT molecular complexity index is 719. The maximum absolute atomic E-state index is 12.1. The zero-order valence-corrected chi connectivity index (χ0v) is 12.6. The van der Waals surface area contributed by atoms with E-state index in [9.17, 15) is 9.59 Å². The molecule has 2 rings (SSSR count). The first-order valence-corrected chi connectivity index (χ1v) is 7.05. The van der Waals surface area contributed by atoms with Gasteiger partial charge in [-0.3, -0.25) is 0 Å². The standard InChI is InChI=1S/C18H16O5/c1-2-22-16-12-13(9-11-17(19)20)8-10-15(16)23-18(21)14-6-4-3-5-7-14/h3-12H,2H2,1H3,(H,19,20). The number of carboxylic acids is 1. The van der Waals surface area contributed by atoms with Crippen LogP contribution in [0.15, 0.2) is 54.6 Å². The molecule has 0 unspecified atom stereocenters. The topological polar surface area (TPSA) is 72.8 Å². The molecule has 0 saturated carbocycles. The molecule has 0 saturated heterocycles. The van der Waals surface area contributed by atoms with Gasteiger partial charge in [-0.25, -0.2) is 9.59 Å². The van der Waals surface area contributed by atoms with Crippen molar-refractivity contribution in [2.45, 2.75) is 6.92 Å². The van der Waals surface area contributed by atoms with E-state index in [1.807, 2.05) is 13.0 Å². The van der Waals surface area contributed by atoms with Crippen LogP contribution in [-0.4, -0.2) is 23.7 Å². The van der Waals surface area contributed by atoms with E-state index in [0.29, 0.717) is 23.5 Å². The van der Waals surface area contributed by atoms with Gasteiger partial charge in [-0.05, 0) is 42.8 Å². The summed E-state index contributed by atoms with van der Waals surface area (Å²) >= 11 is 0. The van der Waals surface area contributed by atoms with Crippen molar-refractivity contribution in [3.63, 3.8) is 0 Å². The smallest absolute Gasteiger partial charge is 0.343 e. The van der Waals surface area contributed by atoms with Crippen molar-refractivity contribution < 1.29 is 24.2 Å². The Morgan fingerprint density at radius 1 is 1.09 bits per heavy atom. The van der Waals surface area contributed by atoms with Gasteiger partial charge in [-0.2, -0.15) is 0 Å². The van der Waals surface area contributed by atoms with Gasteiger partial charge in [0.05, 0.1) is 12.2 Å². The zero-order chi connectivity index (χ0) is 16.7. The predicted molar refractivity (Wildman–Crippen MR) is 85.7 cm³/mol. The lowest BCUT2D eigenvalue weighted by molar-refractivity contribution is -0.131. The molecular weight excluding hydrogens is 296 g/mol. The van der Waals surface area contributed by atoms with Crippen LogP contribution in [0.25, 0.3) is 6.08 Å². The van der Waals surface area contributed by atoms with Gasteiger partial charge in [-0.1, -0.05) is 24.3 Å². The van der Waals surface area contributed by atoms with E-state index in [1.54, 1.807) is 42.5 Å². The maximum atomic E-state index is 12.1. The average molecular weight is 312 g/mol. The van der Waals surface area contributed by atoms with Crippen molar-refractivity contribution >= 4 is 18.0 Å². The number of benzene rings is 2. The molecule has 2 aromatic carbocycles. The van der Waals surface area contributed by atoms with Crippen LogP contribution in [-0.2, 0) is 4.79 Å². The van der Waals surface area contributed by atoms with Gasteiger partial charge in [0.2, 0.25) is 0 Å². The number of hydrogen-bond donors (Lipinski definition) is 1. The van der Waals surface area contributed by atoms with E-state index in [0.717, 1.165) is 6.08 Å². The van der Waals surface area contributed by atoms with E-state index in [-0.39, 0.29) is 5.75 Å². The predicted octanol–water partition coefficient (Wildman–Crippen LogP) is 3.40. The van der Waals surface area contributed by atoms with Crippen LogP contribution in [0.4, 0.5) is 0 Å². The average Bonchev–Trinajstić information content (AvgIpc) is 2.56. The summed E-state index contributed by atoms with van der Waals surface area (Å²) in [6.45, 7) is 2.20. The van der Waals surface area contributed by atoms with Gasteiger partial charge >= 0.3 is 11.9 Å². The summed E-state index contributed by atoms with van der Waals surface area (Å²) in [6.07, 6.45) is 2.47. The second-order valence-electron chi connectivity index (χ2n) is 4.57. The Morgan fingerprint density at radius 3 is 2.48 bits per heavy atom. The molecule has 2 aromatic rings. The fourth-order valence-electron chi connectivity index (χ4n) is 1.88. The number of carbonyl (C=O) groups excluding carboxylic acids is 1. The van der Waals surface area contributed by atoms with Crippen molar-refractivity contribution in [3.05, 3.63) is 65.7 Å². The largest absolute Gasteiger partial charge is 0.490 e. The molecule has 118 valence electrons. The second kappa shape index (κ2) is 7.79. The Labute approximate surface area is 133 Å². The zero-order valence-electron chi connectivity index (χ0n) is 12.6. The highest BCUT2D eigenvalue weighted by Gasteiger charge is 2.12. The molecule has 0 heterocycles. The summed E-state index contributed by atoms with van der Waals surface area (Å²) in [5.74, 6) is -0.861. The van der Waals surface area contributed by atoms with E-state index in [4.69, 9.17) is 14.6 Å². The third kappa shape index (κ3) is 4.71. The minimum absolute atomic E-state index is 0.285. The number of rotatable bonds is 6. The van der Waals surface area contributed by atoms with Gasteiger partial charge < -0.3 is 14.6 Å². The Balaban J connectivity index is 2.23. The number of ether oxygens (including phenoxy) is 2. The summed E-state index contributed by atoms with van der Waals surface area (Å²) < 4.78 is 10.8. The monoisotopic (exact) mass is 312 g/mol. The third-order valence-corrected chi connectivity index (χ3v) is 2.90. The first-order valence-electron chi connectivity index (χ1n) is 7.05. The molecule has 0 bridgehead atoms. The molecule has 0 atom stereocenters. The minimum Gasteiger partial charge on any atom is -0.490 e. The number of aliphatic carboxylic acids is 1. The SMILES string of the molecule is CCOc1cc(C=CC(=O)O)ccc1OC(=O)c1ccccc1. The van der Waals surface area contributed by atoms with Crippen molar-refractivity contribution in [2.75, 3.05) is 6.61 Å². The molecule has 0 aliphatic carbocycles. The highest BCUT2D eigenvalue weighted by molar-refractivity contribution is 5.91. The number of carboxylic acid groups (broad SMARTS) is 1. The Kier molecular flexibility index (Phi) is 5.52. The normalized spacial score (nSPS) is 10.5. The molecule has 0 aliphatic rings. The highest BCUT2D eigenvalue weighted by Crippen LogP contribution is 2.29. The first-order chi connectivity index (χ1) is 11.1. The molecule has 0 aromatic heterocycles. The summed E-state index contributed by atoms with van der Waals surface area (Å²) in [4.78, 5) is 22.7. The van der Waals surface area contributed by atoms with Gasteiger partial charge in [0.1, 0.15) is 0 Å². The number of carbonyl (C=O) groups is 2. The molecule has 0 aliphatic heterocycles. The van der Waals surface area contributed by atoms with Crippen molar-refractivity contribution in [2.24, 2.45) is 0 Å². The summed E-state index contributed by atoms with van der Waals surface area (Å²) in [6, 6.07) is 13.5. The molecule has 5 heteroatoms. The second-order valence-corrected chi connectivity index (χ2v) is 4.57. The van der Waals surface area contributed by atoms with E-state index >= 15 is 0 Å². The van der Waals surface area contributed by atoms with Crippen molar-refractivity contribution in [1.29, 1.82) is 0 Å². The number of hydrogen-bond acceptors (Lipinski definition) is 4. The molecule has 1 N–H and O–H groups in total. The van der Waals surface area contributed by atoms with Gasteiger partial charge in [0, 0.05) is 6.08 Å². The fraction of sp³-hybridized carbons (Fsp3) is 0.111. The van der Waals surface area contributed by atoms with Crippen LogP contribution in [0, 0.1) is 0 Å².